The first-order chi connectivity index (χ1) is 6.13. The van der Waals surface area contributed by atoms with Gasteiger partial charge < -0.3 is 0 Å². The molecule has 70 valence electrons. The summed E-state index contributed by atoms with van der Waals surface area (Å²) >= 11 is 5.61. The molecule has 0 fully saturated rings. The molecule has 1 aromatic rings. The van der Waals surface area contributed by atoms with Crippen molar-refractivity contribution in [3.05, 3.63) is 28.8 Å². The van der Waals surface area contributed by atoms with Crippen LogP contribution in [0.2, 0.25) is 5.02 Å². The highest BCUT2D eigenvalue weighted by molar-refractivity contribution is 6.31. The van der Waals surface area contributed by atoms with Crippen LogP contribution in [0.4, 0.5) is 4.39 Å². The van der Waals surface area contributed by atoms with Gasteiger partial charge in [-0.25, -0.2) is 10.2 Å². The molecule has 0 aliphatic heterocycles. The highest BCUT2D eigenvalue weighted by atomic mass is 35.5. The summed E-state index contributed by atoms with van der Waals surface area (Å²) in [4.78, 5) is 14.4. The number of hydrogen-bond donors (Lipinski definition) is 2. The maximum Gasteiger partial charge on any atom is 0.239 e. The molecule has 0 saturated heterocycles. The van der Waals surface area contributed by atoms with Crippen molar-refractivity contribution in [2.75, 3.05) is 0 Å². The molecule has 0 unspecified atom stereocenters. The summed E-state index contributed by atoms with van der Waals surface area (Å²) in [5, 5.41) is 0.114. The minimum absolute atomic E-state index is 0.0599. The average Bonchev–Trinajstić information content (AvgIpc) is 2.09. The average molecular weight is 204 g/mol. The van der Waals surface area contributed by atoms with Crippen molar-refractivity contribution in [2.45, 2.75) is 6.42 Å². The molecule has 4 nitrogen and oxygen atoms in total. The molecule has 1 rings (SSSR count). The Labute approximate surface area is 78.9 Å². The van der Waals surface area contributed by atoms with Gasteiger partial charge in [0.2, 0.25) is 5.91 Å². The molecule has 3 N–H and O–H groups in total. The van der Waals surface area contributed by atoms with E-state index in [-0.39, 0.29) is 11.4 Å². The number of nitrogens with zero attached hydrogens (tertiary/aromatic N) is 1. The number of rotatable bonds is 2. The van der Waals surface area contributed by atoms with E-state index in [0.29, 0.717) is 5.69 Å². The van der Waals surface area contributed by atoms with Gasteiger partial charge in [0.15, 0.2) is 0 Å². The molecule has 0 saturated carbocycles. The lowest BCUT2D eigenvalue weighted by Crippen LogP contribution is -2.31. The molecule has 1 aromatic heterocycles. The molecule has 1 heterocycles. The smallest absolute Gasteiger partial charge is 0.239 e. The summed E-state index contributed by atoms with van der Waals surface area (Å²) in [6, 6.07) is 1.09. The van der Waals surface area contributed by atoms with E-state index in [1.165, 1.54) is 0 Å². The van der Waals surface area contributed by atoms with Gasteiger partial charge in [0, 0.05) is 0 Å². The van der Waals surface area contributed by atoms with Crippen molar-refractivity contribution in [3.63, 3.8) is 0 Å². The predicted molar refractivity (Wildman–Crippen MR) is 45.2 cm³/mol. The molecule has 1 amide bonds. The normalized spacial score (nSPS) is 9.77. The fraction of sp³-hybridized carbons (Fsp3) is 0.143. The van der Waals surface area contributed by atoms with Crippen LogP contribution in [0.25, 0.3) is 0 Å². The standard InChI is InChI=1S/C7H7ClFN3O/c8-5-1-4(9)3-11-6(5)2-7(13)12-10/h1,3H,2,10H2,(H,12,13). The molecule has 0 bridgehead atoms. The maximum atomic E-state index is 12.5. The maximum absolute atomic E-state index is 12.5. The Morgan fingerprint density at radius 3 is 3.00 bits per heavy atom. The third-order valence-electron chi connectivity index (χ3n) is 1.37. The summed E-state index contributed by atoms with van der Waals surface area (Å²) in [6.07, 6.45) is 0.931. The number of aromatic nitrogens is 1. The van der Waals surface area contributed by atoms with E-state index in [9.17, 15) is 9.18 Å². The molecule has 0 spiro atoms. The molecule has 0 atom stereocenters. The quantitative estimate of drug-likeness (QED) is 0.416. The first-order valence-electron chi connectivity index (χ1n) is 3.43. The van der Waals surface area contributed by atoms with Crippen LogP contribution in [0.1, 0.15) is 5.69 Å². The van der Waals surface area contributed by atoms with Gasteiger partial charge in [-0.3, -0.25) is 15.2 Å². The SMILES string of the molecule is NNC(=O)Cc1ncc(F)cc1Cl. The van der Waals surface area contributed by atoms with Gasteiger partial charge in [0.25, 0.3) is 0 Å². The molecule has 0 aromatic carbocycles. The predicted octanol–water partition coefficient (Wildman–Crippen LogP) is 0.406. The van der Waals surface area contributed by atoms with Crippen LogP contribution < -0.4 is 11.3 Å². The third-order valence-corrected chi connectivity index (χ3v) is 1.70. The number of pyridine rings is 1. The lowest BCUT2D eigenvalue weighted by molar-refractivity contribution is -0.120. The zero-order chi connectivity index (χ0) is 9.84. The lowest BCUT2D eigenvalue weighted by atomic mass is 10.2. The van der Waals surface area contributed by atoms with Gasteiger partial charge in [-0.05, 0) is 6.07 Å². The second-order valence-electron chi connectivity index (χ2n) is 2.33. The van der Waals surface area contributed by atoms with Crippen molar-refractivity contribution in [1.29, 1.82) is 0 Å². The van der Waals surface area contributed by atoms with Crippen LogP contribution in [0.5, 0.6) is 0 Å². The Hall–Kier alpha value is -1.20. The highest BCUT2D eigenvalue weighted by Crippen LogP contribution is 2.14. The van der Waals surface area contributed by atoms with Crippen LogP contribution in [-0.4, -0.2) is 10.9 Å². The van der Waals surface area contributed by atoms with Crippen LogP contribution in [0, 0.1) is 5.82 Å². The van der Waals surface area contributed by atoms with Crippen molar-refractivity contribution < 1.29 is 9.18 Å². The summed E-state index contributed by atoms with van der Waals surface area (Å²) < 4.78 is 12.5. The van der Waals surface area contributed by atoms with Crippen LogP contribution >= 0.6 is 11.6 Å². The Morgan fingerprint density at radius 2 is 2.46 bits per heavy atom. The van der Waals surface area contributed by atoms with E-state index in [1.54, 1.807) is 0 Å². The molecule has 0 radical (unpaired) electrons. The summed E-state index contributed by atoms with van der Waals surface area (Å²) in [6.45, 7) is 0. The van der Waals surface area contributed by atoms with E-state index >= 15 is 0 Å². The Bertz CT molecular complexity index is 332. The summed E-state index contributed by atoms with van der Waals surface area (Å²) in [7, 11) is 0. The second-order valence-corrected chi connectivity index (χ2v) is 2.73. The molecule has 6 heteroatoms. The fourth-order valence-electron chi connectivity index (χ4n) is 0.776. The summed E-state index contributed by atoms with van der Waals surface area (Å²) in [5.41, 5.74) is 2.22. The minimum atomic E-state index is -0.540. The van der Waals surface area contributed by atoms with Crippen molar-refractivity contribution in [2.24, 2.45) is 5.84 Å². The number of hydrogen-bond acceptors (Lipinski definition) is 3. The minimum Gasteiger partial charge on any atom is -0.294 e. The lowest BCUT2D eigenvalue weighted by Gasteiger charge is -2.01. The number of hydrazine groups is 1. The molecule has 13 heavy (non-hydrogen) atoms. The van der Waals surface area contributed by atoms with Crippen molar-refractivity contribution in [1.82, 2.24) is 10.4 Å². The van der Waals surface area contributed by atoms with Gasteiger partial charge in [-0.15, -0.1) is 0 Å². The monoisotopic (exact) mass is 203 g/mol. The van der Waals surface area contributed by atoms with Gasteiger partial charge in [-0.1, -0.05) is 11.6 Å². The van der Waals surface area contributed by atoms with E-state index in [2.05, 4.69) is 4.98 Å². The van der Waals surface area contributed by atoms with Gasteiger partial charge in [0.1, 0.15) is 5.82 Å². The first kappa shape index (κ1) is 9.88. The molecular weight excluding hydrogens is 197 g/mol. The summed E-state index contributed by atoms with van der Waals surface area (Å²) in [5.74, 6) is 3.89. The highest BCUT2D eigenvalue weighted by Gasteiger charge is 2.07. The number of nitrogens with two attached hydrogens (primary N) is 1. The molecular formula is C7H7ClFN3O. The molecule has 0 aliphatic rings. The largest absolute Gasteiger partial charge is 0.294 e. The van der Waals surface area contributed by atoms with Crippen LogP contribution in [0.3, 0.4) is 0 Å². The topological polar surface area (TPSA) is 68.0 Å². The number of amides is 1. The third kappa shape index (κ3) is 2.64. The Balaban J connectivity index is 2.83. The Morgan fingerprint density at radius 1 is 1.77 bits per heavy atom. The first-order valence-corrected chi connectivity index (χ1v) is 3.80. The van der Waals surface area contributed by atoms with Crippen LogP contribution in [-0.2, 0) is 11.2 Å². The zero-order valence-electron chi connectivity index (χ0n) is 6.55. The fourth-order valence-corrected chi connectivity index (χ4v) is 0.996. The Kier molecular flexibility index (Phi) is 3.16. The van der Waals surface area contributed by atoms with Gasteiger partial charge in [-0.2, -0.15) is 0 Å². The zero-order valence-corrected chi connectivity index (χ0v) is 7.31. The molecule has 0 aliphatic carbocycles. The van der Waals surface area contributed by atoms with Gasteiger partial charge in [0.05, 0.1) is 23.3 Å². The van der Waals surface area contributed by atoms with Crippen LogP contribution in [0.15, 0.2) is 12.3 Å². The van der Waals surface area contributed by atoms with E-state index in [1.807, 2.05) is 5.43 Å². The number of carbonyl (C=O) groups is 1. The van der Waals surface area contributed by atoms with Crippen molar-refractivity contribution in [3.8, 4) is 0 Å². The number of nitrogens with one attached hydrogen (secondary N) is 1. The number of carbonyl (C=O) groups excluding carboxylic acids is 1. The van der Waals surface area contributed by atoms with E-state index in [0.717, 1.165) is 12.3 Å². The number of halogens is 2. The second kappa shape index (κ2) is 4.15. The van der Waals surface area contributed by atoms with Crippen molar-refractivity contribution >= 4 is 17.5 Å². The van der Waals surface area contributed by atoms with Gasteiger partial charge >= 0.3 is 0 Å². The van der Waals surface area contributed by atoms with E-state index < -0.39 is 11.7 Å². The van der Waals surface area contributed by atoms with E-state index in [4.69, 9.17) is 17.4 Å².